The maximum absolute atomic E-state index is 13.4. The molecule has 0 saturated carbocycles. The number of carbonyl (C=O) groups is 2. The van der Waals surface area contributed by atoms with Crippen molar-refractivity contribution < 1.29 is 24.2 Å². The molecule has 1 amide bonds. The Morgan fingerprint density at radius 2 is 1.52 bits per heavy atom. The molecule has 5 aromatic rings. The predicted octanol–water partition coefficient (Wildman–Crippen LogP) is 8.37. The van der Waals surface area contributed by atoms with Gasteiger partial charge in [0.15, 0.2) is 0 Å². The molecule has 0 bridgehead atoms. The van der Waals surface area contributed by atoms with Crippen LogP contribution in [0.25, 0.3) is 11.1 Å². The Hall–Kier alpha value is -5.27. The van der Waals surface area contributed by atoms with E-state index in [9.17, 15) is 14.7 Å². The number of anilines is 2. The largest absolute Gasteiger partial charge is 0.494 e. The van der Waals surface area contributed by atoms with Gasteiger partial charge >= 0.3 is 5.97 Å². The lowest BCUT2D eigenvalue weighted by atomic mass is 9.99. The van der Waals surface area contributed by atoms with Gasteiger partial charge in [-0.05, 0) is 78.7 Å². The van der Waals surface area contributed by atoms with Gasteiger partial charge in [-0.25, -0.2) is 4.79 Å². The number of nitrogens with one attached hydrogen (secondary N) is 2. The fourth-order valence-electron chi connectivity index (χ4n) is 4.67. The summed E-state index contributed by atoms with van der Waals surface area (Å²) in [6, 6.07) is 35.8. The molecule has 0 aliphatic rings. The van der Waals surface area contributed by atoms with E-state index in [4.69, 9.17) is 21.1 Å². The maximum Gasteiger partial charge on any atom is 0.326 e. The van der Waals surface area contributed by atoms with Crippen LogP contribution in [0.3, 0.4) is 0 Å². The highest BCUT2D eigenvalue weighted by molar-refractivity contribution is 6.31. The van der Waals surface area contributed by atoms with Crippen LogP contribution in [0, 0.1) is 0 Å². The predicted molar refractivity (Wildman–Crippen MR) is 173 cm³/mol. The van der Waals surface area contributed by atoms with Gasteiger partial charge in [-0.1, -0.05) is 72.3 Å². The van der Waals surface area contributed by atoms with Gasteiger partial charge in [0.2, 0.25) is 0 Å². The molecule has 44 heavy (non-hydrogen) atoms. The molecule has 0 radical (unpaired) electrons. The third kappa shape index (κ3) is 7.76. The molecule has 0 aliphatic heterocycles. The van der Waals surface area contributed by atoms with E-state index in [1.165, 1.54) is 6.07 Å². The Bertz CT molecular complexity index is 1720. The van der Waals surface area contributed by atoms with E-state index in [0.29, 0.717) is 23.1 Å². The topological polar surface area (TPSA) is 96.9 Å². The zero-order valence-electron chi connectivity index (χ0n) is 24.0. The van der Waals surface area contributed by atoms with Crippen LogP contribution < -0.4 is 20.1 Å². The van der Waals surface area contributed by atoms with Crippen LogP contribution in [0.1, 0.15) is 22.8 Å². The smallest absolute Gasteiger partial charge is 0.326 e. The molecule has 0 saturated heterocycles. The highest BCUT2D eigenvalue weighted by Crippen LogP contribution is 2.33. The number of hydrogen-bond donors (Lipinski definition) is 3. The summed E-state index contributed by atoms with van der Waals surface area (Å²) < 4.78 is 11.6. The Morgan fingerprint density at radius 1 is 0.818 bits per heavy atom. The van der Waals surface area contributed by atoms with Crippen LogP contribution in [0.2, 0.25) is 5.02 Å². The van der Waals surface area contributed by atoms with Crippen molar-refractivity contribution in [2.75, 3.05) is 11.9 Å². The second kappa shape index (κ2) is 14.3. The minimum Gasteiger partial charge on any atom is -0.494 e. The van der Waals surface area contributed by atoms with Crippen LogP contribution in [0.4, 0.5) is 11.4 Å². The highest BCUT2D eigenvalue weighted by atomic mass is 35.5. The first kappa shape index (κ1) is 30.2. The van der Waals surface area contributed by atoms with Crippen molar-refractivity contribution in [2.24, 2.45) is 0 Å². The fraction of sp³-hybridized carbons (Fsp3) is 0.111. The summed E-state index contributed by atoms with van der Waals surface area (Å²) in [6.45, 7) is 2.47. The molecular formula is C36H31ClN2O5. The van der Waals surface area contributed by atoms with Gasteiger partial charge in [-0.3, -0.25) is 4.79 Å². The van der Waals surface area contributed by atoms with Crippen LogP contribution in [0.15, 0.2) is 121 Å². The molecule has 222 valence electrons. The number of rotatable bonds is 12. The van der Waals surface area contributed by atoms with Gasteiger partial charge in [-0.15, -0.1) is 0 Å². The fourth-order valence-corrected chi connectivity index (χ4v) is 4.84. The summed E-state index contributed by atoms with van der Waals surface area (Å²) in [5.74, 6) is 0.464. The second-order valence-corrected chi connectivity index (χ2v) is 10.4. The molecule has 5 rings (SSSR count). The quantitative estimate of drug-likeness (QED) is 0.132. The summed E-state index contributed by atoms with van der Waals surface area (Å²) in [6.07, 6.45) is 0.0890. The summed E-state index contributed by atoms with van der Waals surface area (Å²) >= 11 is 6.22. The summed E-state index contributed by atoms with van der Waals surface area (Å²) in [5.41, 5.74) is 4.01. The second-order valence-electron chi connectivity index (χ2n) is 9.95. The van der Waals surface area contributed by atoms with Crippen molar-refractivity contribution in [1.82, 2.24) is 5.32 Å². The number of aliphatic carboxylic acids is 1. The molecule has 3 N–H and O–H groups in total. The molecule has 0 unspecified atom stereocenters. The van der Waals surface area contributed by atoms with Crippen LogP contribution in [-0.2, 0) is 11.2 Å². The number of benzene rings is 5. The molecule has 0 aromatic heterocycles. The Morgan fingerprint density at radius 3 is 2.23 bits per heavy atom. The molecule has 7 nitrogen and oxygen atoms in total. The van der Waals surface area contributed by atoms with Crippen molar-refractivity contribution in [3.63, 3.8) is 0 Å². The number of para-hydroxylation sites is 2. The van der Waals surface area contributed by atoms with Gasteiger partial charge in [0, 0.05) is 22.7 Å². The van der Waals surface area contributed by atoms with Crippen LogP contribution in [0.5, 0.6) is 17.2 Å². The number of carboxylic acid groups (broad SMARTS) is 1. The van der Waals surface area contributed by atoms with Crippen molar-refractivity contribution in [3.8, 4) is 28.4 Å². The number of halogens is 1. The first-order chi connectivity index (χ1) is 21.4. The average Bonchev–Trinajstić information content (AvgIpc) is 3.04. The number of carbonyl (C=O) groups excluding carboxylic acids is 1. The van der Waals surface area contributed by atoms with Crippen molar-refractivity contribution in [1.29, 1.82) is 0 Å². The van der Waals surface area contributed by atoms with Crippen molar-refractivity contribution in [3.05, 3.63) is 137 Å². The third-order valence-electron chi connectivity index (χ3n) is 6.84. The SMILES string of the molecule is CCOc1ccc(Nc2ccc(Cl)cc2C(=O)N[C@@H](Cc2ccc(-c3ccccc3Oc3ccccc3)cc2)C(=O)O)cc1. The molecule has 8 heteroatoms. The summed E-state index contributed by atoms with van der Waals surface area (Å²) in [5, 5.41) is 16.2. The first-order valence-corrected chi connectivity index (χ1v) is 14.5. The van der Waals surface area contributed by atoms with Crippen LogP contribution in [-0.4, -0.2) is 29.6 Å². The van der Waals surface area contributed by atoms with E-state index in [-0.39, 0.29) is 12.0 Å². The van der Waals surface area contributed by atoms with Crippen LogP contribution >= 0.6 is 11.6 Å². The van der Waals surface area contributed by atoms with Gasteiger partial charge in [-0.2, -0.15) is 0 Å². The van der Waals surface area contributed by atoms with Gasteiger partial charge in [0.1, 0.15) is 23.3 Å². The molecule has 5 aromatic carbocycles. The third-order valence-corrected chi connectivity index (χ3v) is 7.07. The van der Waals surface area contributed by atoms with Gasteiger partial charge in [0.05, 0.1) is 17.9 Å². The minimum absolute atomic E-state index is 0.0890. The average molecular weight is 607 g/mol. The minimum atomic E-state index is -1.17. The molecule has 0 spiro atoms. The summed E-state index contributed by atoms with van der Waals surface area (Å²) in [4.78, 5) is 25.6. The van der Waals surface area contributed by atoms with E-state index in [1.807, 2.05) is 110 Å². The zero-order chi connectivity index (χ0) is 30.9. The Labute approximate surface area is 261 Å². The molecule has 0 fully saturated rings. The maximum atomic E-state index is 13.4. The lowest BCUT2D eigenvalue weighted by Gasteiger charge is -2.18. The van der Waals surface area contributed by atoms with E-state index in [0.717, 1.165) is 33.9 Å². The van der Waals surface area contributed by atoms with E-state index in [2.05, 4.69) is 10.6 Å². The normalized spacial score (nSPS) is 11.3. The molecule has 0 heterocycles. The Balaban J connectivity index is 1.30. The van der Waals surface area contributed by atoms with E-state index in [1.54, 1.807) is 12.1 Å². The summed E-state index contributed by atoms with van der Waals surface area (Å²) in [7, 11) is 0. The number of carboxylic acids is 1. The number of hydrogen-bond acceptors (Lipinski definition) is 5. The van der Waals surface area contributed by atoms with Gasteiger partial charge < -0.3 is 25.2 Å². The highest BCUT2D eigenvalue weighted by Gasteiger charge is 2.23. The van der Waals surface area contributed by atoms with Gasteiger partial charge in [0.25, 0.3) is 5.91 Å². The van der Waals surface area contributed by atoms with Crippen molar-refractivity contribution >= 4 is 34.9 Å². The molecule has 1 atom stereocenters. The van der Waals surface area contributed by atoms with Crippen molar-refractivity contribution in [2.45, 2.75) is 19.4 Å². The van der Waals surface area contributed by atoms with E-state index >= 15 is 0 Å². The number of ether oxygens (including phenoxy) is 2. The Kier molecular flexibility index (Phi) is 9.79. The molecule has 0 aliphatic carbocycles. The first-order valence-electron chi connectivity index (χ1n) is 14.1. The lowest BCUT2D eigenvalue weighted by Crippen LogP contribution is -2.42. The monoisotopic (exact) mass is 606 g/mol. The lowest BCUT2D eigenvalue weighted by molar-refractivity contribution is -0.139. The standard InChI is InChI=1S/C36H31ClN2O5/c1-2-43-28-19-17-27(18-20-28)38-32-21-16-26(37)23-31(32)35(40)39-33(36(41)42)22-24-12-14-25(15-13-24)30-10-6-7-11-34(30)44-29-8-4-3-5-9-29/h3-21,23,33,38H,2,22H2,1H3,(H,39,40)(H,41,42)/t33-/m0/s1. The van der Waals surface area contributed by atoms with E-state index < -0.39 is 17.9 Å². The zero-order valence-corrected chi connectivity index (χ0v) is 24.8. The molecular weight excluding hydrogens is 576 g/mol. The number of amides is 1.